The molecule has 0 radical (unpaired) electrons. The van der Waals surface area contributed by atoms with Gasteiger partial charge >= 0.3 is 26.2 Å². The predicted octanol–water partition coefficient (Wildman–Crippen LogP) is 9.34. The molecule has 0 aliphatic heterocycles. The Balaban J connectivity index is 0.000000199. The van der Waals surface area contributed by atoms with Crippen molar-refractivity contribution in [1.29, 1.82) is 0 Å². The van der Waals surface area contributed by atoms with Gasteiger partial charge in [0.2, 0.25) is 0 Å². The van der Waals surface area contributed by atoms with Crippen LogP contribution in [0.2, 0.25) is 0 Å². The van der Waals surface area contributed by atoms with E-state index >= 15 is 0 Å². The van der Waals surface area contributed by atoms with Gasteiger partial charge in [0, 0.05) is 11.1 Å². The van der Waals surface area contributed by atoms with Gasteiger partial charge in [-0.15, -0.1) is 12.8 Å². The van der Waals surface area contributed by atoms with Crippen LogP contribution in [0.3, 0.4) is 0 Å². The first-order valence-corrected chi connectivity index (χ1v) is 12.7. The molecule has 0 unspecified atom stereocenters. The van der Waals surface area contributed by atoms with Crippen molar-refractivity contribution in [3.05, 3.63) is 157 Å². The summed E-state index contributed by atoms with van der Waals surface area (Å²) in [6.45, 7) is 4.10. The summed E-state index contributed by atoms with van der Waals surface area (Å²) in [6.07, 6.45) is 20.0. The Morgan fingerprint density at radius 1 is 0.513 bits per heavy atom. The standard InChI is InChI=1S/2C13H12O.2C5H5.Zr/c2*1-10-6-8-11(9-7-10)12-4-2-3-5-13(12)14;2*1-2-4-5-3-1;/h2*2-9,14H,1H3;2*1-3H,4H2;/q;;2*-1;+2. The topological polar surface area (TPSA) is 40.5 Å². The van der Waals surface area contributed by atoms with E-state index in [9.17, 15) is 10.2 Å². The Morgan fingerprint density at radius 3 is 1.13 bits per heavy atom. The van der Waals surface area contributed by atoms with Gasteiger partial charge in [-0.1, -0.05) is 96.1 Å². The molecule has 6 rings (SSSR count). The first kappa shape index (κ1) is 31.5. The normalized spacial score (nSPS) is 11.7. The molecule has 2 N–H and O–H groups in total. The van der Waals surface area contributed by atoms with Gasteiger partial charge in [-0.2, -0.15) is 12.2 Å². The first-order valence-electron chi connectivity index (χ1n) is 12.7. The van der Waals surface area contributed by atoms with E-state index in [0.29, 0.717) is 11.5 Å². The molecule has 0 amide bonds. The number of allylic oxidation sites excluding steroid dienone is 8. The van der Waals surface area contributed by atoms with Crippen molar-refractivity contribution in [2.45, 2.75) is 26.7 Å². The number of aryl methyl sites for hydroxylation is 2. The van der Waals surface area contributed by atoms with E-state index in [1.165, 1.54) is 11.1 Å². The third-order valence-electron chi connectivity index (χ3n) is 5.70. The monoisotopic (exact) mass is 588 g/mol. The van der Waals surface area contributed by atoms with Crippen LogP contribution < -0.4 is 0 Å². The number of hydrogen-bond acceptors (Lipinski definition) is 2. The summed E-state index contributed by atoms with van der Waals surface area (Å²) >= 11 is 0. The molecule has 0 spiro atoms. The van der Waals surface area contributed by atoms with Gasteiger partial charge in [0.1, 0.15) is 11.5 Å². The second-order valence-electron chi connectivity index (χ2n) is 8.77. The molecule has 0 atom stereocenters. The maximum absolute atomic E-state index is 9.63. The van der Waals surface area contributed by atoms with Gasteiger partial charge in [0.15, 0.2) is 0 Å². The zero-order valence-corrected chi connectivity index (χ0v) is 25.0. The average Bonchev–Trinajstić information content (AvgIpc) is 3.71. The number of hydrogen-bond donors (Lipinski definition) is 2. The van der Waals surface area contributed by atoms with Crippen molar-refractivity contribution in [2.75, 3.05) is 0 Å². The molecular weight excluding hydrogens is 556 g/mol. The summed E-state index contributed by atoms with van der Waals surface area (Å²) < 4.78 is 0. The molecule has 2 aliphatic carbocycles. The third-order valence-corrected chi connectivity index (χ3v) is 5.70. The molecule has 0 heterocycles. The molecule has 4 aromatic rings. The molecule has 0 saturated heterocycles. The van der Waals surface area contributed by atoms with Crippen LogP contribution >= 0.6 is 0 Å². The molecule has 3 heteroatoms. The molecule has 39 heavy (non-hydrogen) atoms. The second kappa shape index (κ2) is 17.8. The smallest absolute Gasteiger partial charge is 0.507 e. The molecule has 0 bridgehead atoms. The zero-order valence-electron chi connectivity index (χ0n) is 22.5. The minimum absolute atomic E-state index is 0. The summed E-state index contributed by atoms with van der Waals surface area (Å²) in [5.74, 6) is 0.660. The fourth-order valence-electron chi connectivity index (χ4n) is 3.58. The van der Waals surface area contributed by atoms with Crippen LogP contribution in [0.25, 0.3) is 22.3 Å². The number of benzene rings is 4. The summed E-state index contributed by atoms with van der Waals surface area (Å²) in [6, 6.07) is 31.0. The SMILES string of the molecule is Cc1ccc(-c2ccccc2O)cc1.Cc1ccc(-c2ccccc2O)cc1.[C-]1=CC=CC1.[C-]1=CC=CC1.[Zr+2]. The van der Waals surface area contributed by atoms with Crippen molar-refractivity contribution >= 4 is 0 Å². The zero-order chi connectivity index (χ0) is 27.0. The Morgan fingerprint density at radius 2 is 0.872 bits per heavy atom. The second-order valence-corrected chi connectivity index (χ2v) is 8.77. The van der Waals surface area contributed by atoms with Crippen LogP contribution in [0.4, 0.5) is 0 Å². The van der Waals surface area contributed by atoms with Gasteiger partial charge < -0.3 is 10.2 Å². The van der Waals surface area contributed by atoms with Crippen molar-refractivity contribution in [3.8, 4) is 33.8 Å². The molecule has 2 nitrogen and oxygen atoms in total. The minimum atomic E-state index is 0. The van der Waals surface area contributed by atoms with E-state index in [-0.39, 0.29) is 26.2 Å². The van der Waals surface area contributed by atoms with Crippen LogP contribution in [0.1, 0.15) is 24.0 Å². The number of para-hydroxylation sites is 2. The van der Waals surface area contributed by atoms with Gasteiger partial charge in [-0.05, 0) is 37.1 Å². The van der Waals surface area contributed by atoms with E-state index in [1.54, 1.807) is 12.1 Å². The van der Waals surface area contributed by atoms with Crippen molar-refractivity contribution in [2.24, 2.45) is 0 Å². The molecule has 0 aromatic heterocycles. The molecule has 0 saturated carbocycles. The quantitative estimate of drug-likeness (QED) is 0.229. The van der Waals surface area contributed by atoms with Crippen molar-refractivity contribution in [3.63, 3.8) is 0 Å². The van der Waals surface area contributed by atoms with E-state index in [0.717, 1.165) is 35.1 Å². The summed E-state index contributed by atoms with van der Waals surface area (Å²) in [5.41, 5.74) is 6.32. The van der Waals surface area contributed by atoms with E-state index in [4.69, 9.17) is 0 Å². The molecule has 4 aromatic carbocycles. The van der Waals surface area contributed by atoms with Gasteiger partial charge in [0.05, 0.1) is 0 Å². The predicted molar refractivity (Wildman–Crippen MR) is 160 cm³/mol. The first-order chi connectivity index (χ1) is 18.5. The van der Waals surface area contributed by atoms with Gasteiger partial charge in [-0.25, -0.2) is 24.3 Å². The summed E-state index contributed by atoms with van der Waals surface area (Å²) in [7, 11) is 0. The molecule has 194 valence electrons. The summed E-state index contributed by atoms with van der Waals surface area (Å²) in [4.78, 5) is 0. The maximum Gasteiger partial charge on any atom is 2.00 e. The average molecular weight is 590 g/mol. The Hall–Kier alpha value is -3.68. The summed E-state index contributed by atoms with van der Waals surface area (Å²) in [5, 5.41) is 19.3. The van der Waals surface area contributed by atoms with E-state index in [2.05, 4.69) is 38.2 Å². The third kappa shape index (κ3) is 11.3. The molecule has 2 aliphatic rings. The maximum atomic E-state index is 9.63. The molecule has 0 fully saturated rings. The minimum Gasteiger partial charge on any atom is -0.507 e. The largest absolute Gasteiger partial charge is 2.00 e. The van der Waals surface area contributed by atoms with Crippen LogP contribution in [0.5, 0.6) is 11.5 Å². The molecular formula is C36H34O2Zr. The fraction of sp³-hybridized carbons (Fsp3) is 0.111. The van der Waals surface area contributed by atoms with Gasteiger partial charge in [-0.3, -0.25) is 12.2 Å². The van der Waals surface area contributed by atoms with Crippen LogP contribution in [-0.2, 0) is 26.2 Å². The number of rotatable bonds is 2. The van der Waals surface area contributed by atoms with Crippen LogP contribution in [-0.4, -0.2) is 10.2 Å². The number of phenolic OH excluding ortho intramolecular Hbond substituents is 2. The fourth-order valence-corrected chi connectivity index (χ4v) is 3.58. The Bertz CT molecular complexity index is 1250. The van der Waals surface area contributed by atoms with Crippen LogP contribution in [0.15, 0.2) is 134 Å². The van der Waals surface area contributed by atoms with Crippen molar-refractivity contribution < 1.29 is 36.4 Å². The Labute approximate surface area is 252 Å². The van der Waals surface area contributed by atoms with E-state index < -0.39 is 0 Å². The number of phenols is 2. The Kier molecular flexibility index (Phi) is 14.4. The van der Waals surface area contributed by atoms with Crippen molar-refractivity contribution in [1.82, 2.24) is 0 Å². The van der Waals surface area contributed by atoms with Gasteiger partial charge in [0.25, 0.3) is 0 Å². The number of aromatic hydroxyl groups is 2. The van der Waals surface area contributed by atoms with Crippen LogP contribution in [0, 0.1) is 26.0 Å². The van der Waals surface area contributed by atoms with E-state index in [1.807, 2.05) is 109 Å².